The number of amides is 1. The van der Waals surface area contributed by atoms with Gasteiger partial charge in [-0.3, -0.25) is 4.79 Å². The first kappa shape index (κ1) is 16.1. The molecule has 0 fully saturated rings. The summed E-state index contributed by atoms with van der Waals surface area (Å²) >= 11 is 0. The number of rotatable bonds is 7. The molecule has 0 spiro atoms. The number of benzene rings is 1. The molecule has 0 unspecified atom stereocenters. The molecule has 0 saturated carbocycles. The van der Waals surface area contributed by atoms with Gasteiger partial charge in [0.2, 0.25) is 11.7 Å². The van der Waals surface area contributed by atoms with E-state index >= 15 is 0 Å². The summed E-state index contributed by atoms with van der Waals surface area (Å²) in [6.07, 6.45) is 1.25. The average molecular weight is 281 g/mol. The Morgan fingerprint density at radius 1 is 1.10 bits per heavy atom. The van der Waals surface area contributed by atoms with Crippen LogP contribution in [0.2, 0.25) is 0 Å². The van der Waals surface area contributed by atoms with Crippen LogP contribution in [0.3, 0.4) is 0 Å². The highest BCUT2D eigenvalue weighted by Crippen LogP contribution is 2.38. The summed E-state index contributed by atoms with van der Waals surface area (Å²) in [5.74, 6) is 1.73. The Morgan fingerprint density at radius 3 is 2.05 bits per heavy atom. The number of ether oxygens (including phenoxy) is 3. The highest BCUT2D eigenvalue weighted by molar-refractivity contribution is 5.79. The highest BCUT2D eigenvalue weighted by atomic mass is 16.5. The highest BCUT2D eigenvalue weighted by Gasteiger charge is 2.16. The topological polar surface area (TPSA) is 48.0 Å². The van der Waals surface area contributed by atoms with Gasteiger partial charge in [0.05, 0.1) is 27.8 Å². The van der Waals surface area contributed by atoms with Crippen LogP contribution < -0.4 is 14.2 Å². The monoisotopic (exact) mass is 281 g/mol. The van der Waals surface area contributed by atoms with Crippen LogP contribution in [-0.2, 0) is 11.2 Å². The molecule has 5 heteroatoms. The molecule has 0 radical (unpaired) electrons. The van der Waals surface area contributed by atoms with Crippen molar-refractivity contribution in [3.8, 4) is 17.2 Å². The second-order valence-electron chi connectivity index (χ2n) is 4.53. The van der Waals surface area contributed by atoms with Gasteiger partial charge in [-0.2, -0.15) is 0 Å². The molecule has 1 aromatic rings. The van der Waals surface area contributed by atoms with E-state index in [0.29, 0.717) is 23.7 Å². The minimum atomic E-state index is 0.0705. The smallest absolute Gasteiger partial charge is 0.226 e. The number of carbonyl (C=O) groups is 1. The summed E-state index contributed by atoms with van der Waals surface area (Å²) < 4.78 is 15.8. The molecule has 0 aliphatic rings. The molecule has 1 rings (SSSR count). The van der Waals surface area contributed by atoms with Crippen LogP contribution in [0.1, 0.15) is 18.9 Å². The van der Waals surface area contributed by atoms with E-state index < -0.39 is 0 Å². The lowest BCUT2D eigenvalue weighted by Gasteiger charge is -2.17. The first-order valence-electron chi connectivity index (χ1n) is 6.60. The maximum absolute atomic E-state index is 12.1. The van der Waals surface area contributed by atoms with Gasteiger partial charge < -0.3 is 19.1 Å². The largest absolute Gasteiger partial charge is 0.493 e. The van der Waals surface area contributed by atoms with Crippen LogP contribution in [0.25, 0.3) is 0 Å². The van der Waals surface area contributed by atoms with Gasteiger partial charge in [-0.15, -0.1) is 0 Å². The minimum absolute atomic E-state index is 0.0705. The normalized spacial score (nSPS) is 10.1. The van der Waals surface area contributed by atoms with Gasteiger partial charge in [0.25, 0.3) is 0 Å². The predicted octanol–water partition coefficient (Wildman–Crippen LogP) is 2.12. The molecule has 5 nitrogen and oxygen atoms in total. The molecule has 112 valence electrons. The van der Waals surface area contributed by atoms with Crippen LogP contribution in [0.5, 0.6) is 17.2 Å². The lowest BCUT2D eigenvalue weighted by molar-refractivity contribution is -0.129. The molecular formula is C15H23NO4. The maximum Gasteiger partial charge on any atom is 0.226 e. The first-order chi connectivity index (χ1) is 9.57. The molecule has 0 N–H and O–H groups in total. The zero-order chi connectivity index (χ0) is 15.1. The third-order valence-electron chi connectivity index (χ3n) is 3.06. The Bertz CT molecular complexity index is 434. The van der Waals surface area contributed by atoms with Crippen LogP contribution in [0.15, 0.2) is 12.1 Å². The van der Waals surface area contributed by atoms with E-state index in [2.05, 4.69) is 0 Å². The molecule has 0 heterocycles. The Morgan fingerprint density at radius 2 is 1.65 bits per heavy atom. The summed E-state index contributed by atoms with van der Waals surface area (Å²) in [6, 6.07) is 3.61. The van der Waals surface area contributed by atoms with E-state index in [-0.39, 0.29) is 5.91 Å². The van der Waals surface area contributed by atoms with E-state index in [9.17, 15) is 4.79 Å². The number of likely N-dealkylation sites (N-methyl/N-ethyl adjacent to an activating group) is 1. The van der Waals surface area contributed by atoms with Crippen molar-refractivity contribution in [2.24, 2.45) is 0 Å². The second-order valence-corrected chi connectivity index (χ2v) is 4.53. The van der Waals surface area contributed by atoms with Crippen LogP contribution in [0.4, 0.5) is 0 Å². The summed E-state index contributed by atoms with van der Waals surface area (Å²) in [5, 5.41) is 0. The Balaban J connectivity index is 2.99. The molecule has 0 aliphatic heterocycles. The predicted molar refractivity (Wildman–Crippen MR) is 77.7 cm³/mol. The fourth-order valence-corrected chi connectivity index (χ4v) is 2.01. The first-order valence-corrected chi connectivity index (χ1v) is 6.60. The van der Waals surface area contributed by atoms with E-state index in [1.165, 1.54) is 0 Å². The van der Waals surface area contributed by atoms with Gasteiger partial charge in [-0.25, -0.2) is 0 Å². The van der Waals surface area contributed by atoms with Crippen LogP contribution in [0, 0.1) is 0 Å². The zero-order valence-corrected chi connectivity index (χ0v) is 12.9. The van der Waals surface area contributed by atoms with Crippen molar-refractivity contribution in [1.82, 2.24) is 4.90 Å². The lowest BCUT2D eigenvalue weighted by Crippen LogP contribution is -2.28. The molecule has 0 bridgehead atoms. The Hall–Kier alpha value is -1.91. The molecule has 0 aliphatic carbocycles. The fraction of sp³-hybridized carbons (Fsp3) is 0.533. The number of hydrogen-bond acceptors (Lipinski definition) is 4. The Kier molecular flexibility index (Phi) is 6.15. The Labute approximate surface area is 120 Å². The molecular weight excluding hydrogens is 258 g/mol. The van der Waals surface area contributed by atoms with Gasteiger partial charge >= 0.3 is 0 Å². The van der Waals surface area contributed by atoms with Crippen molar-refractivity contribution >= 4 is 5.91 Å². The zero-order valence-electron chi connectivity index (χ0n) is 12.9. The summed E-state index contributed by atoms with van der Waals surface area (Å²) in [5.41, 5.74) is 0.840. The summed E-state index contributed by atoms with van der Waals surface area (Å²) in [6.45, 7) is 2.80. The minimum Gasteiger partial charge on any atom is -0.493 e. The van der Waals surface area contributed by atoms with Gasteiger partial charge in [-0.05, 0) is 24.1 Å². The molecule has 0 atom stereocenters. The molecule has 1 amide bonds. The van der Waals surface area contributed by atoms with Crippen molar-refractivity contribution in [1.29, 1.82) is 0 Å². The number of carbonyl (C=O) groups excluding carboxylic acids is 1. The van der Waals surface area contributed by atoms with Gasteiger partial charge in [0, 0.05) is 13.6 Å². The van der Waals surface area contributed by atoms with E-state index in [1.54, 1.807) is 38.4 Å². The standard InChI is InChI=1S/C15H23NO4/c1-6-7-16(2)14(17)10-11-8-12(18-3)15(20-5)13(9-11)19-4/h8-9H,6-7,10H2,1-5H3. The SMILES string of the molecule is CCCN(C)C(=O)Cc1cc(OC)c(OC)c(OC)c1. The third kappa shape index (κ3) is 3.79. The number of methoxy groups -OCH3 is 3. The number of nitrogens with zero attached hydrogens (tertiary/aromatic N) is 1. The molecule has 0 aromatic heterocycles. The number of hydrogen-bond donors (Lipinski definition) is 0. The van der Waals surface area contributed by atoms with Crippen molar-refractivity contribution in [2.45, 2.75) is 19.8 Å². The molecule has 20 heavy (non-hydrogen) atoms. The van der Waals surface area contributed by atoms with Crippen molar-refractivity contribution < 1.29 is 19.0 Å². The van der Waals surface area contributed by atoms with E-state index in [1.807, 2.05) is 14.0 Å². The van der Waals surface area contributed by atoms with E-state index in [4.69, 9.17) is 14.2 Å². The lowest BCUT2D eigenvalue weighted by atomic mass is 10.1. The molecule has 1 aromatic carbocycles. The average Bonchev–Trinajstić information content (AvgIpc) is 2.46. The summed E-state index contributed by atoms with van der Waals surface area (Å²) in [7, 11) is 6.49. The fourth-order valence-electron chi connectivity index (χ4n) is 2.01. The van der Waals surface area contributed by atoms with E-state index in [0.717, 1.165) is 18.5 Å². The summed E-state index contributed by atoms with van der Waals surface area (Å²) in [4.78, 5) is 13.8. The van der Waals surface area contributed by atoms with Crippen molar-refractivity contribution in [3.05, 3.63) is 17.7 Å². The van der Waals surface area contributed by atoms with Crippen molar-refractivity contribution in [2.75, 3.05) is 34.9 Å². The molecule has 0 saturated heterocycles. The van der Waals surface area contributed by atoms with Crippen molar-refractivity contribution in [3.63, 3.8) is 0 Å². The van der Waals surface area contributed by atoms with Gasteiger partial charge in [0.15, 0.2) is 11.5 Å². The quantitative estimate of drug-likeness (QED) is 0.768. The van der Waals surface area contributed by atoms with Gasteiger partial charge in [-0.1, -0.05) is 6.92 Å². The van der Waals surface area contributed by atoms with Crippen LogP contribution >= 0.6 is 0 Å². The van der Waals surface area contributed by atoms with Crippen LogP contribution in [-0.4, -0.2) is 45.7 Å². The maximum atomic E-state index is 12.1. The third-order valence-corrected chi connectivity index (χ3v) is 3.06. The second kappa shape index (κ2) is 7.62. The van der Waals surface area contributed by atoms with Gasteiger partial charge in [0.1, 0.15) is 0 Å².